The maximum atomic E-state index is 12.9. The summed E-state index contributed by atoms with van der Waals surface area (Å²) in [6, 6.07) is 16.5. The molecule has 6 rings (SSSR count). The lowest BCUT2D eigenvalue weighted by Gasteiger charge is -2.13. The van der Waals surface area contributed by atoms with E-state index in [1.54, 1.807) is 42.6 Å². The molecule has 20 nitrogen and oxygen atoms in total. The number of alkyl halides is 3. The zero-order chi connectivity index (χ0) is 48.1. The Bertz CT molecular complexity index is 2820. The number of urea groups is 1. The Balaban J connectivity index is 0.000000220. The first kappa shape index (κ1) is 50.4. The molecule has 3 heterocycles. The van der Waals surface area contributed by atoms with Crippen LogP contribution >= 0.6 is 34.8 Å². The van der Waals surface area contributed by atoms with Crippen LogP contribution < -0.4 is 29.0 Å². The van der Waals surface area contributed by atoms with Crippen molar-refractivity contribution in [3.8, 4) is 29.0 Å². The van der Waals surface area contributed by atoms with Crippen LogP contribution in [0.1, 0.15) is 15.9 Å². The van der Waals surface area contributed by atoms with E-state index in [9.17, 15) is 46.1 Å². The van der Waals surface area contributed by atoms with Gasteiger partial charge in [-0.1, -0.05) is 34.8 Å². The monoisotopic (exact) mass is 985 g/mol. The molecule has 0 unspecified atom stereocenters. The fourth-order valence-electron chi connectivity index (χ4n) is 4.85. The lowest BCUT2D eigenvalue weighted by atomic mass is 10.1. The van der Waals surface area contributed by atoms with E-state index < -0.39 is 62.2 Å². The third kappa shape index (κ3) is 14.1. The molecule has 342 valence electrons. The molecular formula is C38H29Cl3F3N7O13S. The average Bonchev–Trinajstić information content (AvgIpc) is 3.26. The van der Waals surface area contributed by atoms with Crippen molar-refractivity contribution in [3.63, 3.8) is 0 Å². The molecule has 3 aromatic carbocycles. The molecular weight excluding hydrogens is 958 g/mol. The number of carboxylic acid groups (broad SMARTS) is 1. The van der Waals surface area contributed by atoms with Crippen molar-refractivity contribution >= 4 is 85.3 Å². The Morgan fingerprint density at radius 1 is 0.846 bits per heavy atom. The van der Waals surface area contributed by atoms with Gasteiger partial charge in [0.05, 0.1) is 47.9 Å². The molecule has 65 heavy (non-hydrogen) atoms. The minimum atomic E-state index is -4.99. The predicted molar refractivity (Wildman–Crippen MR) is 225 cm³/mol. The molecule has 0 atom stereocenters. The second kappa shape index (κ2) is 22.4. The number of nitrogens with zero attached hydrogens (tertiary/aromatic N) is 5. The van der Waals surface area contributed by atoms with Crippen molar-refractivity contribution in [2.24, 2.45) is 0 Å². The van der Waals surface area contributed by atoms with Crippen LogP contribution in [0.4, 0.5) is 29.6 Å². The standard InChI is InChI=1S/C14H9Cl2NO5.C13H12F3N5O5S.C11H8ClNO3/c1-21-14(18)10-7-9(3-4-12(10)17(19)20)22-13-5-2-8(15)6-11(13)16;1-25-8-6-9(26-2)19-11(18-8)20-12(22)21-27(23,24)10-7(13(14,15)16)4-3-5-17-10;12-8-3-4-9(16-6-10(14)15)11-7(8)2-1-5-13-11/h2-7H,1H3;3-6H,1-2H3,(H2,18,19,20,21,22);1-5H,6H2,(H,14,15). The zero-order valence-electron chi connectivity index (χ0n) is 33.1. The number of ether oxygens (including phenoxy) is 5. The van der Waals surface area contributed by atoms with E-state index in [0.717, 1.165) is 30.8 Å². The molecule has 6 aromatic rings. The summed E-state index contributed by atoms with van der Waals surface area (Å²) in [7, 11) is -1.25. The summed E-state index contributed by atoms with van der Waals surface area (Å²) in [4.78, 5) is 58.9. The summed E-state index contributed by atoms with van der Waals surface area (Å²) < 4.78 is 89.3. The number of hydrogen-bond acceptors (Lipinski definition) is 16. The summed E-state index contributed by atoms with van der Waals surface area (Å²) in [5, 5.41) is 22.1. The summed E-state index contributed by atoms with van der Waals surface area (Å²) in [5.74, 6) is -1.36. The predicted octanol–water partition coefficient (Wildman–Crippen LogP) is 8.25. The third-order valence-corrected chi connectivity index (χ3v) is 9.75. The number of nitrogens with one attached hydrogen (secondary N) is 2. The Labute approximate surface area is 379 Å². The van der Waals surface area contributed by atoms with Gasteiger partial charge in [0.25, 0.3) is 15.7 Å². The van der Waals surface area contributed by atoms with Gasteiger partial charge in [-0.2, -0.15) is 31.6 Å². The molecule has 0 radical (unpaired) electrons. The summed E-state index contributed by atoms with van der Waals surface area (Å²) in [5.41, 5.74) is -1.54. The van der Waals surface area contributed by atoms with Crippen LogP contribution in [0.25, 0.3) is 10.9 Å². The fourth-order valence-corrected chi connectivity index (χ4v) is 6.58. The number of aliphatic carboxylic acids is 1. The molecule has 3 aromatic heterocycles. The zero-order valence-corrected chi connectivity index (χ0v) is 36.2. The highest BCUT2D eigenvalue weighted by molar-refractivity contribution is 7.90. The summed E-state index contributed by atoms with van der Waals surface area (Å²) >= 11 is 17.7. The normalized spacial score (nSPS) is 10.8. The van der Waals surface area contributed by atoms with Gasteiger partial charge in [0.15, 0.2) is 11.6 Å². The Morgan fingerprint density at radius 2 is 1.49 bits per heavy atom. The van der Waals surface area contributed by atoms with Crippen LogP contribution in [0.3, 0.4) is 0 Å². The Morgan fingerprint density at radius 3 is 2.09 bits per heavy atom. The van der Waals surface area contributed by atoms with Gasteiger partial charge < -0.3 is 28.8 Å². The average molecular weight is 987 g/mol. The summed E-state index contributed by atoms with van der Waals surface area (Å²) in [6.45, 7) is -0.396. The van der Waals surface area contributed by atoms with Crippen molar-refractivity contribution in [1.82, 2.24) is 24.7 Å². The molecule has 0 spiro atoms. The van der Waals surface area contributed by atoms with E-state index in [1.807, 2.05) is 5.32 Å². The number of fused-ring (bicyclic) bond motifs is 1. The van der Waals surface area contributed by atoms with E-state index in [1.165, 1.54) is 43.2 Å². The number of carboxylic acids is 1. The van der Waals surface area contributed by atoms with Gasteiger partial charge >= 0.3 is 24.1 Å². The number of esters is 1. The number of rotatable bonds is 12. The topological polar surface area (TPSA) is 270 Å². The number of sulfonamides is 1. The molecule has 0 fully saturated rings. The van der Waals surface area contributed by atoms with Crippen LogP contribution in [-0.4, -0.2) is 84.3 Å². The molecule has 0 saturated carbocycles. The number of carbonyl (C=O) groups is 3. The highest BCUT2D eigenvalue weighted by Crippen LogP contribution is 2.35. The van der Waals surface area contributed by atoms with E-state index >= 15 is 0 Å². The van der Waals surface area contributed by atoms with Crippen LogP contribution in [0.15, 0.2) is 96.3 Å². The highest BCUT2D eigenvalue weighted by atomic mass is 35.5. The molecule has 3 N–H and O–H groups in total. The smallest absolute Gasteiger partial charge is 0.419 e. The van der Waals surface area contributed by atoms with Crippen LogP contribution in [0.5, 0.6) is 29.0 Å². The van der Waals surface area contributed by atoms with Gasteiger partial charge in [-0.25, -0.2) is 24.1 Å². The third-order valence-electron chi connectivity index (χ3n) is 7.60. The van der Waals surface area contributed by atoms with Crippen molar-refractivity contribution in [3.05, 3.63) is 128 Å². The van der Waals surface area contributed by atoms with Crippen LogP contribution in [0.2, 0.25) is 15.1 Å². The van der Waals surface area contributed by atoms with Gasteiger partial charge in [0, 0.05) is 34.9 Å². The van der Waals surface area contributed by atoms with Gasteiger partial charge in [-0.15, -0.1) is 0 Å². The van der Waals surface area contributed by atoms with Gasteiger partial charge in [-0.3, -0.25) is 20.4 Å². The molecule has 0 aliphatic heterocycles. The fraction of sp³-hybridized carbons (Fsp3) is 0.132. The molecule has 2 amide bonds. The minimum absolute atomic E-state index is 0.0101. The largest absolute Gasteiger partial charge is 0.481 e. The van der Waals surface area contributed by atoms with Gasteiger partial charge in [-0.05, 0) is 60.7 Å². The number of aromatic nitrogens is 4. The van der Waals surface area contributed by atoms with E-state index in [4.69, 9.17) is 58.9 Å². The maximum absolute atomic E-state index is 12.9. The Hall–Kier alpha value is -7.28. The van der Waals surface area contributed by atoms with E-state index in [0.29, 0.717) is 33.1 Å². The Kier molecular flexibility index (Phi) is 17.3. The first-order valence-corrected chi connectivity index (χ1v) is 20.0. The molecule has 0 aliphatic rings. The van der Waals surface area contributed by atoms with Crippen molar-refractivity contribution in [2.75, 3.05) is 33.3 Å². The minimum Gasteiger partial charge on any atom is -0.481 e. The van der Waals surface area contributed by atoms with Crippen molar-refractivity contribution < 1.29 is 69.7 Å². The first-order chi connectivity index (χ1) is 30.7. The highest BCUT2D eigenvalue weighted by Gasteiger charge is 2.38. The second-order valence-electron chi connectivity index (χ2n) is 11.9. The lowest BCUT2D eigenvalue weighted by Crippen LogP contribution is -2.36. The molecule has 0 saturated heterocycles. The number of methoxy groups -OCH3 is 3. The van der Waals surface area contributed by atoms with Crippen LogP contribution in [0, 0.1) is 10.1 Å². The maximum Gasteiger partial charge on any atom is 0.419 e. The number of hydrogen-bond donors (Lipinski definition) is 3. The first-order valence-electron chi connectivity index (χ1n) is 17.4. The summed E-state index contributed by atoms with van der Waals surface area (Å²) in [6.07, 6.45) is -2.54. The van der Waals surface area contributed by atoms with Crippen LogP contribution in [-0.2, 0) is 25.7 Å². The number of carbonyl (C=O) groups excluding carboxylic acids is 2. The van der Waals surface area contributed by atoms with E-state index in [-0.39, 0.29) is 33.8 Å². The molecule has 27 heteroatoms. The second-order valence-corrected chi connectivity index (χ2v) is 14.8. The number of nitro groups is 1. The lowest BCUT2D eigenvalue weighted by molar-refractivity contribution is -0.385. The number of nitro benzene ring substituents is 1. The number of anilines is 1. The SMILES string of the molecule is COC(=O)c1cc(Oc2ccc(Cl)cc2Cl)ccc1[N+](=O)[O-].COc1cc(OC)nc(NC(=O)NS(=O)(=O)c2ncccc2C(F)(F)F)n1.O=C(O)COc1ccc(Cl)c2cccnc12. The number of benzene rings is 3. The molecule has 0 bridgehead atoms. The number of pyridine rings is 2. The molecule has 0 aliphatic carbocycles. The van der Waals surface area contributed by atoms with Gasteiger partial charge in [0.1, 0.15) is 28.3 Å². The number of halogens is 6. The quantitative estimate of drug-likeness (QED) is 0.0591. The number of amides is 2. The van der Waals surface area contributed by atoms with Gasteiger partial charge in [0.2, 0.25) is 17.7 Å². The van der Waals surface area contributed by atoms with Crippen molar-refractivity contribution in [2.45, 2.75) is 11.2 Å². The van der Waals surface area contributed by atoms with Crippen molar-refractivity contribution in [1.29, 1.82) is 0 Å². The van der Waals surface area contributed by atoms with E-state index in [2.05, 4.69) is 24.7 Å².